The summed E-state index contributed by atoms with van der Waals surface area (Å²) in [7, 11) is 0. The van der Waals surface area contributed by atoms with Gasteiger partial charge in [0.25, 0.3) is 0 Å². The van der Waals surface area contributed by atoms with E-state index in [0.29, 0.717) is 23.4 Å². The highest BCUT2D eigenvalue weighted by molar-refractivity contribution is 7.26. The van der Waals surface area contributed by atoms with Gasteiger partial charge in [-0.15, -0.1) is 11.3 Å². The van der Waals surface area contributed by atoms with Crippen LogP contribution in [-0.4, -0.2) is 44.4 Å². The first kappa shape index (κ1) is 40.8. The molecule has 16 rings (SSSR count). The number of para-hydroxylation sites is 1. The molecule has 0 N–H and O–H groups in total. The molecule has 0 aliphatic rings. The topological polar surface area (TPSA) is 108 Å². The van der Waals surface area contributed by atoms with E-state index in [1.807, 2.05) is 116 Å². The van der Waals surface area contributed by atoms with Gasteiger partial charge in [-0.25, -0.2) is 39.9 Å². The Morgan fingerprint density at radius 3 is 1.32 bits per heavy atom. The molecular weight excluding hydrogens is 927 g/mol. The number of nitrogens with zero attached hydrogens (tertiary/aromatic N) is 9. The van der Waals surface area contributed by atoms with Crippen LogP contribution < -0.4 is 0 Å². The minimum Gasteiger partial charge on any atom is -0.277 e. The molecule has 10 aromatic carbocycles. The number of hydrogen-bond acceptors (Lipinski definition) is 9. The van der Waals surface area contributed by atoms with Gasteiger partial charge in [-0.3, -0.25) is 4.57 Å². The number of benzene rings is 10. The number of fused-ring (bicyclic) bond motifs is 19. The molecule has 0 spiro atoms. The van der Waals surface area contributed by atoms with Crippen LogP contribution in [0.25, 0.3) is 158 Å². The monoisotopic (exact) mass is 961 g/mol. The normalized spacial score (nSPS) is 12.1. The van der Waals surface area contributed by atoms with E-state index < -0.39 is 0 Å². The number of hydrogen-bond donors (Lipinski definition) is 0. The van der Waals surface area contributed by atoms with Crippen molar-refractivity contribution in [2.24, 2.45) is 0 Å². The zero-order valence-corrected chi connectivity index (χ0v) is 40.0. The number of thiophene rings is 1. The summed E-state index contributed by atoms with van der Waals surface area (Å²) in [5.74, 6) is 2.55. The summed E-state index contributed by atoms with van der Waals surface area (Å²) in [4.78, 5) is 41.1. The highest BCUT2D eigenvalue weighted by Crippen LogP contribution is 2.45. The van der Waals surface area contributed by atoms with Crippen molar-refractivity contribution in [2.75, 3.05) is 0 Å². The smallest absolute Gasteiger partial charge is 0.235 e. The molecule has 10 heteroatoms. The molecule has 0 saturated carbocycles. The molecule has 6 heterocycles. The van der Waals surface area contributed by atoms with Crippen molar-refractivity contribution in [3.05, 3.63) is 213 Å². The summed E-state index contributed by atoms with van der Waals surface area (Å²) in [6.07, 6.45) is 7.82. The van der Waals surface area contributed by atoms with E-state index in [2.05, 4.69) is 102 Å². The first-order valence-electron chi connectivity index (χ1n) is 24.5. The molecule has 0 bridgehead atoms. The second-order valence-electron chi connectivity index (χ2n) is 18.7. The van der Waals surface area contributed by atoms with E-state index in [4.69, 9.17) is 39.9 Å². The Morgan fingerprint density at radius 2 is 0.743 bits per heavy atom. The Labute approximate surface area is 424 Å². The fourth-order valence-corrected chi connectivity index (χ4v) is 12.3. The van der Waals surface area contributed by atoms with Crippen molar-refractivity contribution in [1.82, 2.24) is 44.4 Å². The lowest BCUT2D eigenvalue weighted by molar-refractivity contribution is 1.01. The summed E-state index contributed by atoms with van der Waals surface area (Å²) in [6.45, 7) is 0. The third-order valence-electron chi connectivity index (χ3n) is 14.6. The van der Waals surface area contributed by atoms with Crippen LogP contribution in [0, 0.1) is 0 Å². The van der Waals surface area contributed by atoms with Crippen molar-refractivity contribution in [3.63, 3.8) is 0 Å². The first-order chi connectivity index (χ1) is 36.7. The van der Waals surface area contributed by atoms with E-state index in [-0.39, 0.29) is 0 Å². The van der Waals surface area contributed by atoms with E-state index >= 15 is 0 Å². The summed E-state index contributed by atoms with van der Waals surface area (Å²) < 4.78 is 4.62. The quantitative estimate of drug-likeness (QED) is 0.157. The van der Waals surface area contributed by atoms with Crippen molar-refractivity contribution in [1.29, 1.82) is 0 Å². The molecule has 0 radical (unpaired) electrons. The maximum atomic E-state index is 5.51. The van der Waals surface area contributed by atoms with Crippen LogP contribution >= 0.6 is 11.3 Å². The molecule has 342 valence electrons. The summed E-state index contributed by atoms with van der Waals surface area (Å²) >= 11 is 1.80. The summed E-state index contributed by atoms with van der Waals surface area (Å²) in [5, 5.41) is 12.6. The van der Waals surface area contributed by atoms with Gasteiger partial charge in [0, 0.05) is 94.0 Å². The molecule has 9 nitrogen and oxygen atoms in total. The van der Waals surface area contributed by atoms with Gasteiger partial charge in [0.2, 0.25) is 5.95 Å². The van der Waals surface area contributed by atoms with Crippen LogP contribution in [0.1, 0.15) is 0 Å². The lowest BCUT2D eigenvalue weighted by Crippen LogP contribution is -2.02. The molecule has 74 heavy (non-hydrogen) atoms. The van der Waals surface area contributed by atoms with Crippen molar-refractivity contribution in [3.8, 4) is 51.2 Å². The lowest BCUT2D eigenvalue weighted by atomic mass is 9.96. The molecule has 6 aromatic heterocycles. The average Bonchev–Trinajstić information content (AvgIpc) is 4.08. The minimum absolute atomic E-state index is 0.584. The molecular formula is C64H35N9S. The zero-order chi connectivity index (χ0) is 48.4. The molecule has 0 saturated heterocycles. The fraction of sp³-hybridized carbons (Fsp3) is 0. The van der Waals surface area contributed by atoms with E-state index in [1.54, 1.807) is 11.3 Å². The standard InChI is InChI=1S/C64H35N9S/c1-4-14-36(15-5-1)61-66-33-49-43-26-24-39(30-47(43)51-34-67-63(38-18-8-3-9-19-38)71-58(51)56(49)69-61)40-25-27-46-54(31-40)74-53-29-28-45-44-22-12-13-23-52(44)73(60(45)55(46)53)64-68-35-50-42-21-11-10-20-41(42)48-32-65-62(37-16-6-2-7-17-37)70-57(48)59(50)72-64/h1-35H. The molecule has 16 aromatic rings. The maximum absolute atomic E-state index is 5.51. The number of aromatic nitrogens is 9. The second kappa shape index (κ2) is 15.8. The number of rotatable bonds is 5. The van der Waals surface area contributed by atoms with Gasteiger partial charge in [-0.1, -0.05) is 164 Å². The van der Waals surface area contributed by atoms with Crippen molar-refractivity contribution < 1.29 is 0 Å². The Bertz CT molecular complexity index is 5020. The molecule has 0 aliphatic carbocycles. The van der Waals surface area contributed by atoms with Crippen LogP contribution in [0.4, 0.5) is 0 Å². The van der Waals surface area contributed by atoms with Gasteiger partial charge >= 0.3 is 0 Å². The Kier molecular flexibility index (Phi) is 8.71. The summed E-state index contributed by atoms with van der Waals surface area (Å²) in [5.41, 5.74) is 10.3. The van der Waals surface area contributed by atoms with Crippen molar-refractivity contribution >= 4 is 118 Å². The predicted molar refractivity (Wildman–Crippen MR) is 303 cm³/mol. The van der Waals surface area contributed by atoms with Crippen LogP contribution in [0.2, 0.25) is 0 Å². The summed E-state index contributed by atoms with van der Waals surface area (Å²) in [6, 6.07) is 65.4. The van der Waals surface area contributed by atoms with Crippen LogP contribution in [0.5, 0.6) is 0 Å². The highest BCUT2D eigenvalue weighted by Gasteiger charge is 2.23. The van der Waals surface area contributed by atoms with Gasteiger partial charge in [-0.2, -0.15) is 0 Å². The van der Waals surface area contributed by atoms with Gasteiger partial charge in [0.1, 0.15) is 22.1 Å². The highest BCUT2D eigenvalue weighted by atomic mass is 32.1. The van der Waals surface area contributed by atoms with E-state index in [1.165, 1.54) is 20.2 Å². The minimum atomic E-state index is 0.584. The van der Waals surface area contributed by atoms with Crippen LogP contribution in [0.15, 0.2) is 213 Å². The molecule has 0 amide bonds. The molecule has 0 fully saturated rings. The first-order valence-corrected chi connectivity index (χ1v) is 25.3. The predicted octanol–water partition coefficient (Wildman–Crippen LogP) is 15.9. The Balaban J connectivity index is 0.888. The fourth-order valence-electron chi connectivity index (χ4n) is 11.2. The molecule has 0 atom stereocenters. The van der Waals surface area contributed by atoms with Crippen LogP contribution in [-0.2, 0) is 0 Å². The Morgan fingerprint density at radius 1 is 0.297 bits per heavy atom. The second-order valence-corrected chi connectivity index (χ2v) is 19.8. The average molecular weight is 962 g/mol. The van der Waals surface area contributed by atoms with E-state index in [9.17, 15) is 0 Å². The van der Waals surface area contributed by atoms with Crippen LogP contribution in [0.3, 0.4) is 0 Å². The van der Waals surface area contributed by atoms with Gasteiger partial charge in [0.05, 0.1) is 11.0 Å². The molecule has 0 unspecified atom stereocenters. The molecule has 0 aliphatic heterocycles. The lowest BCUT2D eigenvalue weighted by Gasteiger charge is -2.13. The zero-order valence-electron chi connectivity index (χ0n) is 39.1. The van der Waals surface area contributed by atoms with Gasteiger partial charge in [-0.05, 0) is 56.9 Å². The van der Waals surface area contributed by atoms with Crippen molar-refractivity contribution in [2.45, 2.75) is 0 Å². The third kappa shape index (κ3) is 6.09. The Hall–Kier alpha value is -9.90. The van der Waals surface area contributed by atoms with Gasteiger partial charge in [0.15, 0.2) is 17.5 Å². The largest absolute Gasteiger partial charge is 0.277 e. The SMILES string of the molecule is c1ccc(-c2ncc3c4ccc(-c5ccc6c(c5)sc5ccc7c8ccccc8n(-c8ncc9c%10ccccc%10c%10cnc(-c%11ccccc%11)nc%10c9n8)c7c56)cc4c4cnc(-c5ccccc5)nc4c3n2)cc1. The van der Waals surface area contributed by atoms with Gasteiger partial charge < -0.3 is 0 Å². The van der Waals surface area contributed by atoms with E-state index in [0.717, 1.165) is 115 Å². The maximum Gasteiger partial charge on any atom is 0.235 e. The third-order valence-corrected chi connectivity index (χ3v) is 15.7.